The van der Waals surface area contributed by atoms with Crippen LogP contribution in [-0.4, -0.2) is 27.8 Å². The minimum atomic E-state index is -0.215. The number of nitrogens with zero attached hydrogens (tertiary/aromatic N) is 3. The van der Waals surface area contributed by atoms with Crippen molar-refractivity contribution in [2.75, 3.05) is 7.11 Å². The van der Waals surface area contributed by atoms with Crippen LogP contribution in [0.15, 0.2) is 51.7 Å². The molecular formula is C19H20N4O3S2. The zero-order valence-corrected chi connectivity index (χ0v) is 17.2. The lowest BCUT2D eigenvalue weighted by molar-refractivity contribution is -0.121. The zero-order valence-electron chi connectivity index (χ0n) is 15.5. The van der Waals surface area contributed by atoms with Gasteiger partial charge in [0, 0.05) is 24.1 Å². The smallest absolute Gasteiger partial charge is 0.240 e. The van der Waals surface area contributed by atoms with Crippen molar-refractivity contribution in [1.29, 1.82) is 0 Å². The Morgan fingerprint density at radius 1 is 1.29 bits per heavy atom. The molecule has 1 aromatic carbocycles. The van der Waals surface area contributed by atoms with Gasteiger partial charge in [-0.05, 0) is 12.5 Å². The lowest BCUT2D eigenvalue weighted by Crippen LogP contribution is -2.28. The van der Waals surface area contributed by atoms with E-state index >= 15 is 0 Å². The van der Waals surface area contributed by atoms with E-state index in [0.29, 0.717) is 12.3 Å². The number of carbonyl (C=O) groups is 1. The molecule has 0 aliphatic carbocycles. The molecule has 1 amide bonds. The van der Waals surface area contributed by atoms with Gasteiger partial charge in [-0.15, -0.1) is 10.2 Å². The van der Waals surface area contributed by atoms with Crippen molar-refractivity contribution in [1.82, 2.24) is 20.1 Å². The average Bonchev–Trinajstić information content (AvgIpc) is 3.12. The normalized spacial score (nSPS) is 10.6. The Morgan fingerprint density at radius 3 is 2.75 bits per heavy atom. The van der Waals surface area contributed by atoms with Gasteiger partial charge >= 0.3 is 0 Å². The van der Waals surface area contributed by atoms with Crippen molar-refractivity contribution in [3.63, 3.8) is 0 Å². The largest absolute Gasteiger partial charge is 0.491 e. The van der Waals surface area contributed by atoms with Crippen molar-refractivity contribution in [2.45, 2.75) is 30.1 Å². The lowest BCUT2D eigenvalue weighted by atomic mass is 10.2. The number of methoxy groups -OCH3 is 1. The minimum absolute atomic E-state index is 0.0918. The first-order chi connectivity index (χ1) is 13.5. The van der Waals surface area contributed by atoms with Gasteiger partial charge in [-0.1, -0.05) is 53.4 Å². The maximum atomic E-state index is 12.4. The monoisotopic (exact) mass is 416 g/mol. The molecule has 0 saturated heterocycles. The van der Waals surface area contributed by atoms with Crippen molar-refractivity contribution in [3.8, 4) is 5.75 Å². The Morgan fingerprint density at radius 2 is 2.07 bits per heavy atom. The first-order valence-corrected chi connectivity index (χ1v) is 10.4. The standard InChI is InChI=1S/C19H20N4O3S2/c1-13-21-22-19(28-13)27-12-15-8-16(24)17(26-2)10-23(15)11-18(25)20-9-14-6-4-3-5-7-14/h3-8,10H,9,11-12H2,1-2H3,(H,20,25). The predicted molar refractivity (Wildman–Crippen MR) is 110 cm³/mol. The second kappa shape index (κ2) is 9.52. The second-order valence-electron chi connectivity index (χ2n) is 5.96. The van der Waals surface area contributed by atoms with Gasteiger partial charge in [0.15, 0.2) is 10.1 Å². The summed E-state index contributed by atoms with van der Waals surface area (Å²) in [5, 5.41) is 11.9. The molecule has 0 aliphatic heterocycles. The number of carbonyl (C=O) groups excluding carboxylic acids is 1. The van der Waals surface area contributed by atoms with Crippen molar-refractivity contribution in [3.05, 3.63) is 69.1 Å². The van der Waals surface area contributed by atoms with E-state index in [-0.39, 0.29) is 23.6 Å². The summed E-state index contributed by atoms with van der Waals surface area (Å²) < 4.78 is 7.68. The minimum Gasteiger partial charge on any atom is -0.491 e. The quantitative estimate of drug-likeness (QED) is 0.568. The van der Waals surface area contributed by atoms with Crippen molar-refractivity contribution < 1.29 is 9.53 Å². The number of thioether (sulfide) groups is 1. The second-order valence-corrected chi connectivity index (χ2v) is 8.37. The maximum absolute atomic E-state index is 12.4. The number of benzene rings is 1. The van der Waals surface area contributed by atoms with Crippen LogP contribution in [-0.2, 0) is 23.6 Å². The number of amides is 1. The Labute approximate surface area is 170 Å². The van der Waals surface area contributed by atoms with Crippen LogP contribution in [0.4, 0.5) is 0 Å². The Hall–Kier alpha value is -2.65. The average molecular weight is 417 g/mol. The number of hydrogen-bond acceptors (Lipinski definition) is 7. The van der Waals surface area contributed by atoms with Gasteiger partial charge in [0.05, 0.1) is 13.3 Å². The first kappa shape index (κ1) is 20.1. The molecule has 146 valence electrons. The van der Waals surface area contributed by atoms with Crippen LogP contribution < -0.4 is 15.5 Å². The molecule has 0 atom stereocenters. The third-order valence-electron chi connectivity index (χ3n) is 3.90. The molecule has 3 rings (SSSR count). The van der Waals surface area contributed by atoms with Gasteiger partial charge in [-0.3, -0.25) is 9.59 Å². The Kier molecular flexibility index (Phi) is 6.83. The summed E-state index contributed by atoms with van der Waals surface area (Å²) in [6, 6.07) is 11.2. The van der Waals surface area contributed by atoms with Gasteiger partial charge < -0.3 is 14.6 Å². The molecule has 0 saturated carbocycles. The van der Waals surface area contributed by atoms with E-state index in [0.717, 1.165) is 20.6 Å². The molecule has 0 fully saturated rings. The molecule has 0 spiro atoms. The lowest BCUT2D eigenvalue weighted by Gasteiger charge is -2.14. The third-order valence-corrected chi connectivity index (χ3v) is 5.91. The highest BCUT2D eigenvalue weighted by Crippen LogP contribution is 2.25. The van der Waals surface area contributed by atoms with Gasteiger partial charge in [-0.2, -0.15) is 0 Å². The van der Waals surface area contributed by atoms with Crippen LogP contribution in [0.25, 0.3) is 0 Å². The fourth-order valence-corrected chi connectivity index (χ4v) is 4.31. The molecule has 9 heteroatoms. The molecule has 0 radical (unpaired) electrons. The number of hydrogen-bond donors (Lipinski definition) is 1. The van der Waals surface area contributed by atoms with Crippen LogP contribution in [0.1, 0.15) is 16.3 Å². The highest BCUT2D eigenvalue weighted by Gasteiger charge is 2.12. The summed E-state index contributed by atoms with van der Waals surface area (Å²) in [6.07, 6.45) is 1.58. The molecule has 0 unspecified atom stereocenters. The van der Waals surface area contributed by atoms with E-state index in [9.17, 15) is 9.59 Å². The van der Waals surface area contributed by atoms with Crippen LogP contribution in [0.3, 0.4) is 0 Å². The highest BCUT2D eigenvalue weighted by atomic mass is 32.2. The van der Waals surface area contributed by atoms with Gasteiger partial charge in [0.1, 0.15) is 11.6 Å². The zero-order chi connectivity index (χ0) is 19.9. The summed E-state index contributed by atoms with van der Waals surface area (Å²) in [7, 11) is 1.44. The molecule has 0 bridgehead atoms. The third kappa shape index (κ3) is 5.43. The Balaban J connectivity index is 1.71. The maximum Gasteiger partial charge on any atom is 0.240 e. The number of aryl methyl sites for hydroxylation is 1. The number of ether oxygens (including phenoxy) is 1. The molecule has 0 aliphatic rings. The number of rotatable bonds is 8. The molecule has 1 N–H and O–H groups in total. The van der Waals surface area contributed by atoms with Crippen molar-refractivity contribution >= 4 is 29.0 Å². The van der Waals surface area contributed by atoms with Crippen LogP contribution in [0, 0.1) is 6.92 Å². The van der Waals surface area contributed by atoms with Gasteiger partial charge in [-0.25, -0.2) is 0 Å². The van der Waals surface area contributed by atoms with E-state index in [2.05, 4.69) is 15.5 Å². The summed E-state index contributed by atoms with van der Waals surface area (Å²) in [4.78, 5) is 24.6. The predicted octanol–water partition coefficient (Wildman–Crippen LogP) is 2.63. The van der Waals surface area contributed by atoms with Crippen LogP contribution >= 0.6 is 23.1 Å². The highest BCUT2D eigenvalue weighted by molar-refractivity contribution is 8.00. The fraction of sp³-hybridized carbons (Fsp3) is 0.263. The SMILES string of the molecule is COc1cn(CC(=O)NCc2ccccc2)c(CSc2nnc(C)s2)cc1=O. The molecule has 7 nitrogen and oxygen atoms in total. The van der Waals surface area contributed by atoms with E-state index in [1.54, 1.807) is 10.8 Å². The number of nitrogens with one attached hydrogen (secondary N) is 1. The summed E-state index contributed by atoms with van der Waals surface area (Å²) in [6.45, 7) is 2.43. The molecule has 3 aromatic rings. The van der Waals surface area contributed by atoms with E-state index in [1.807, 2.05) is 37.3 Å². The van der Waals surface area contributed by atoms with Gasteiger partial charge in [0.25, 0.3) is 0 Å². The van der Waals surface area contributed by atoms with E-state index in [4.69, 9.17) is 4.74 Å². The molecule has 2 aromatic heterocycles. The molecule has 28 heavy (non-hydrogen) atoms. The van der Waals surface area contributed by atoms with Crippen LogP contribution in [0.5, 0.6) is 5.75 Å². The Bertz CT molecular complexity index is 1000. The van der Waals surface area contributed by atoms with Crippen LogP contribution in [0.2, 0.25) is 0 Å². The number of aromatic nitrogens is 3. The van der Waals surface area contributed by atoms with E-state index < -0.39 is 0 Å². The summed E-state index contributed by atoms with van der Waals surface area (Å²) in [5.41, 5.74) is 1.53. The topological polar surface area (TPSA) is 86.1 Å². The molecule has 2 heterocycles. The summed E-state index contributed by atoms with van der Waals surface area (Å²) in [5.74, 6) is 0.559. The molecular weight excluding hydrogens is 396 g/mol. The van der Waals surface area contributed by atoms with E-state index in [1.165, 1.54) is 36.3 Å². The fourth-order valence-electron chi connectivity index (χ4n) is 2.50. The van der Waals surface area contributed by atoms with Gasteiger partial charge in [0.2, 0.25) is 11.3 Å². The number of pyridine rings is 1. The first-order valence-electron chi connectivity index (χ1n) is 8.56. The van der Waals surface area contributed by atoms with Crippen molar-refractivity contribution in [2.24, 2.45) is 0 Å². The summed E-state index contributed by atoms with van der Waals surface area (Å²) >= 11 is 2.97.